The van der Waals surface area contributed by atoms with Gasteiger partial charge < -0.3 is 5.32 Å². The van der Waals surface area contributed by atoms with Gasteiger partial charge >= 0.3 is 6.18 Å². The summed E-state index contributed by atoms with van der Waals surface area (Å²) in [5, 5.41) is 3.05. The maximum atomic E-state index is 14.0. The third-order valence-corrected chi connectivity index (χ3v) is 3.68. The third-order valence-electron chi connectivity index (χ3n) is 3.68. The highest BCUT2D eigenvalue weighted by Gasteiger charge is 2.33. The summed E-state index contributed by atoms with van der Waals surface area (Å²) in [5.41, 5.74) is -1.24. The molecule has 1 aromatic rings. The van der Waals surface area contributed by atoms with Gasteiger partial charge in [0.1, 0.15) is 5.82 Å². The van der Waals surface area contributed by atoms with Crippen molar-refractivity contribution in [1.29, 1.82) is 0 Å². The molecule has 0 unspecified atom stereocenters. The third kappa shape index (κ3) is 4.13. The normalized spacial score (nSPS) is 18.7. The highest BCUT2D eigenvalue weighted by atomic mass is 19.4. The van der Waals surface area contributed by atoms with Gasteiger partial charge in [-0.25, -0.2) is 13.2 Å². The molecule has 1 aliphatic rings. The Balaban J connectivity index is 2.30. The number of nitrogens with one attached hydrogen (secondary N) is 1. The van der Waals surface area contributed by atoms with Crippen LogP contribution < -0.4 is 5.32 Å². The molecule has 124 valence electrons. The van der Waals surface area contributed by atoms with E-state index in [0.29, 0.717) is 32.2 Å². The summed E-state index contributed by atoms with van der Waals surface area (Å²) in [7, 11) is 0. The zero-order valence-electron chi connectivity index (χ0n) is 11.6. The van der Waals surface area contributed by atoms with E-state index in [1.165, 1.54) is 0 Å². The van der Waals surface area contributed by atoms with Crippen molar-refractivity contribution in [2.45, 2.75) is 25.1 Å². The van der Waals surface area contributed by atoms with E-state index >= 15 is 0 Å². The smallest absolute Gasteiger partial charge is 0.314 e. The van der Waals surface area contributed by atoms with E-state index < -0.39 is 36.4 Å². The molecule has 1 heterocycles. The fraction of sp³-hybridized carbons (Fsp3) is 0.571. The Kier molecular flexibility index (Phi) is 5.33. The largest absolute Gasteiger partial charge is 0.416 e. The number of hydrogen-bond donors (Lipinski definition) is 1. The molecule has 8 heteroatoms. The monoisotopic (exact) mass is 326 g/mol. The van der Waals surface area contributed by atoms with Gasteiger partial charge in [-0.3, -0.25) is 4.90 Å². The van der Waals surface area contributed by atoms with Crippen molar-refractivity contribution in [1.82, 2.24) is 10.2 Å². The van der Waals surface area contributed by atoms with Crippen molar-refractivity contribution in [3.8, 4) is 0 Å². The minimum atomic E-state index is -4.66. The van der Waals surface area contributed by atoms with Crippen LogP contribution in [0.1, 0.15) is 23.6 Å². The lowest BCUT2D eigenvalue weighted by Gasteiger charge is -2.35. The van der Waals surface area contributed by atoms with Gasteiger partial charge in [0.05, 0.1) is 5.56 Å². The number of alkyl halides is 5. The first-order chi connectivity index (χ1) is 10.3. The Hall–Kier alpha value is -1.28. The second-order valence-electron chi connectivity index (χ2n) is 5.16. The molecule has 0 amide bonds. The predicted molar refractivity (Wildman–Crippen MR) is 69.2 cm³/mol. The number of hydrogen-bond acceptors (Lipinski definition) is 2. The molecule has 1 aromatic carbocycles. The Morgan fingerprint density at radius 1 is 1.14 bits per heavy atom. The molecule has 0 aliphatic carbocycles. The van der Waals surface area contributed by atoms with E-state index in [0.717, 1.165) is 12.1 Å². The molecule has 2 rings (SSSR count). The molecule has 0 bridgehead atoms. The van der Waals surface area contributed by atoms with E-state index in [-0.39, 0.29) is 5.56 Å². The molecule has 22 heavy (non-hydrogen) atoms. The minimum Gasteiger partial charge on any atom is -0.314 e. The van der Waals surface area contributed by atoms with Crippen molar-refractivity contribution in [3.05, 3.63) is 35.1 Å². The number of rotatable bonds is 4. The molecule has 0 aromatic heterocycles. The van der Waals surface area contributed by atoms with Crippen LogP contribution in [0.15, 0.2) is 18.2 Å². The quantitative estimate of drug-likeness (QED) is 0.853. The second kappa shape index (κ2) is 6.87. The highest BCUT2D eigenvalue weighted by Crippen LogP contribution is 2.34. The topological polar surface area (TPSA) is 15.3 Å². The molecule has 0 spiro atoms. The van der Waals surface area contributed by atoms with Crippen LogP contribution in [0.2, 0.25) is 0 Å². The van der Waals surface area contributed by atoms with Gasteiger partial charge in [-0.15, -0.1) is 0 Å². The summed E-state index contributed by atoms with van der Waals surface area (Å²) in [4.78, 5) is 1.67. The van der Waals surface area contributed by atoms with E-state index in [4.69, 9.17) is 0 Å². The first-order valence-corrected chi connectivity index (χ1v) is 6.88. The number of piperazine rings is 1. The Bertz CT molecular complexity index is 497. The maximum absolute atomic E-state index is 14.0. The van der Waals surface area contributed by atoms with Crippen molar-refractivity contribution < 1.29 is 26.3 Å². The zero-order valence-corrected chi connectivity index (χ0v) is 11.6. The molecular weight excluding hydrogens is 310 g/mol. The first kappa shape index (κ1) is 17.1. The molecule has 1 N–H and O–H groups in total. The van der Waals surface area contributed by atoms with Crippen LogP contribution in [0.3, 0.4) is 0 Å². The fourth-order valence-electron chi connectivity index (χ4n) is 2.61. The highest BCUT2D eigenvalue weighted by molar-refractivity contribution is 5.29. The minimum absolute atomic E-state index is 0.116. The molecule has 1 atom stereocenters. The SMILES string of the molecule is Fc1cc(C(F)(F)F)ccc1[C@@H](CC(F)F)N1CCNCC1. The average Bonchev–Trinajstić information content (AvgIpc) is 2.45. The second-order valence-corrected chi connectivity index (χ2v) is 5.16. The van der Waals surface area contributed by atoms with Crippen LogP contribution in [0, 0.1) is 5.82 Å². The van der Waals surface area contributed by atoms with Gasteiger partial charge in [-0.05, 0) is 12.1 Å². The maximum Gasteiger partial charge on any atom is 0.416 e. The summed E-state index contributed by atoms with van der Waals surface area (Å²) < 4.78 is 77.3. The summed E-state index contributed by atoms with van der Waals surface area (Å²) in [6.45, 7) is 2.03. The number of benzene rings is 1. The Morgan fingerprint density at radius 2 is 1.77 bits per heavy atom. The van der Waals surface area contributed by atoms with Crippen molar-refractivity contribution in [3.63, 3.8) is 0 Å². The number of nitrogens with zero attached hydrogens (tertiary/aromatic N) is 1. The predicted octanol–water partition coefficient (Wildman–Crippen LogP) is 3.45. The summed E-state index contributed by atoms with van der Waals surface area (Å²) in [6.07, 6.45) is -7.93. The van der Waals surface area contributed by atoms with Gasteiger partial charge in [0.2, 0.25) is 6.43 Å². The van der Waals surface area contributed by atoms with Crippen LogP contribution in [-0.2, 0) is 6.18 Å². The molecular formula is C14H16F6N2. The van der Waals surface area contributed by atoms with Gasteiger partial charge in [0.25, 0.3) is 0 Å². The van der Waals surface area contributed by atoms with Crippen LogP contribution in [0.4, 0.5) is 26.3 Å². The molecule has 1 saturated heterocycles. The summed E-state index contributed by atoms with van der Waals surface area (Å²) in [5.74, 6) is -1.10. The van der Waals surface area contributed by atoms with E-state index in [2.05, 4.69) is 5.32 Å². The lowest BCUT2D eigenvalue weighted by atomic mass is 9.99. The van der Waals surface area contributed by atoms with Crippen molar-refractivity contribution in [2.24, 2.45) is 0 Å². The molecule has 1 aliphatic heterocycles. The average molecular weight is 326 g/mol. The zero-order chi connectivity index (χ0) is 16.3. The Morgan fingerprint density at radius 3 is 2.27 bits per heavy atom. The fourth-order valence-corrected chi connectivity index (χ4v) is 2.61. The van der Waals surface area contributed by atoms with Gasteiger partial charge in [-0.1, -0.05) is 6.07 Å². The molecule has 1 fully saturated rings. The summed E-state index contributed by atoms with van der Waals surface area (Å²) >= 11 is 0. The van der Waals surface area contributed by atoms with E-state index in [9.17, 15) is 26.3 Å². The summed E-state index contributed by atoms with van der Waals surface area (Å²) in [6, 6.07) is 1.15. The standard InChI is InChI=1S/C14H16F6N2/c15-11-7-9(14(18,19)20)1-2-10(11)12(8-13(16)17)22-5-3-21-4-6-22/h1-2,7,12-13,21H,3-6,8H2/t12-/m1/s1. The van der Waals surface area contributed by atoms with Crippen LogP contribution >= 0.6 is 0 Å². The van der Waals surface area contributed by atoms with Gasteiger partial charge in [0, 0.05) is 44.2 Å². The van der Waals surface area contributed by atoms with Crippen molar-refractivity contribution >= 4 is 0 Å². The molecule has 0 saturated carbocycles. The van der Waals surface area contributed by atoms with Gasteiger partial charge in [0.15, 0.2) is 0 Å². The van der Waals surface area contributed by atoms with Crippen LogP contribution in [-0.4, -0.2) is 37.5 Å². The molecule has 2 nitrogen and oxygen atoms in total. The van der Waals surface area contributed by atoms with Crippen molar-refractivity contribution in [2.75, 3.05) is 26.2 Å². The first-order valence-electron chi connectivity index (χ1n) is 6.88. The lowest BCUT2D eigenvalue weighted by Crippen LogP contribution is -2.45. The van der Waals surface area contributed by atoms with E-state index in [1.54, 1.807) is 4.90 Å². The van der Waals surface area contributed by atoms with E-state index in [1.807, 2.05) is 0 Å². The Labute approximate surface area is 124 Å². The lowest BCUT2D eigenvalue weighted by molar-refractivity contribution is -0.137. The van der Waals surface area contributed by atoms with Gasteiger partial charge in [-0.2, -0.15) is 13.2 Å². The van der Waals surface area contributed by atoms with Crippen LogP contribution in [0.25, 0.3) is 0 Å². The molecule has 0 radical (unpaired) electrons. The number of halogens is 6. The van der Waals surface area contributed by atoms with Crippen LogP contribution in [0.5, 0.6) is 0 Å².